The highest BCUT2D eigenvalue weighted by molar-refractivity contribution is 6.63. The molecule has 1 aromatic rings. The predicted molar refractivity (Wildman–Crippen MR) is 79.7 cm³/mol. The van der Waals surface area contributed by atoms with Gasteiger partial charge >= 0.3 is 5.37 Å². The molecule has 1 saturated heterocycles. The lowest BCUT2D eigenvalue weighted by atomic mass is 10.2. The molecule has 1 fully saturated rings. The van der Waals surface area contributed by atoms with Crippen LogP contribution in [0.3, 0.4) is 0 Å². The first-order valence-electron chi connectivity index (χ1n) is 5.94. The number of hydrogen-bond donors (Lipinski definition) is 0. The van der Waals surface area contributed by atoms with Gasteiger partial charge in [0.25, 0.3) is 0 Å². The standard InChI is InChI=1S/C8H6Cl2O.C5H8ClNO2/c9-7-3-1-6(2-4-7)5-8(10)11;6-5(8)7-1-3-9-4-2-7/h1-4H,5H2;1-4H2. The van der Waals surface area contributed by atoms with E-state index in [0.717, 1.165) is 5.56 Å². The van der Waals surface area contributed by atoms with E-state index in [2.05, 4.69) is 0 Å². The zero-order chi connectivity index (χ0) is 15.0. The van der Waals surface area contributed by atoms with Crippen molar-refractivity contribution < 1.29 is 14.3 Å². The van der Waals surface area contributed by atoms with Crippen LogP contribution in [0.1, 0.15) is 5.56 Å². The van der Waals surface area contributed by atoms with Crippen molar-refractivity contribution in [3.8, 4) is 0 Å². The van der Waals surface area contributed by atoms with Crippen molar-refractivity contribution in [1.82, 2.24) is 4.90 Å². The Balaban J connectivity index is 0.000000204. The first-order chi connectivity index (χ1) is 9.49. The third-order valence-electron chi connectivity index (χ3n) is 2.52. The maximum absolute atomic E-state index is 10.4. The molecule has 0 atom stereocenters. The van der Waals surface area contributed by atoms with E-state index >= 15 is 0 Å². The van der Waals surface area contributed by atoms with Gasteiger partial charge in [-0.2, -0.15) is 0 Å². The minimum absolute atomic E-state index is 0.263. The van der Waals surface area contributed by atoms with Crippen LogP contribution in [-0.2, 0) is 16.0 Å². The maximum atomic E-state index is 10.4. The van der Waals surface area contributed by atoms with Crippen molar-refractivity contribution >= 4 is 45.4 Å². The lowest BCUT2D eigenvalue weighted by Crippen LogP contribution is -2.37. The first kappa shape index (κ1) is 17.2. The number of rotatable bonds is 2. The molecule has 0 radical (unpaired) electrons. The zero-order valence-electron chi connectivity index (χ0n) is 10.7. The first-order valence-corrected chi connectivity index (χ1v) is 7.07. The van der Waals surface area contributed by atoms with Crippen LogP contribution in [0.4, 0.5) is 4.79 Å². The van der Waals surface area contributed by atoms with Gasteiger partial charge in [0.05, 0.1) is 13.2 Å². The fourth-order valence-electron chi connectivity index (χ4n) is 1.50. The van der Waals surface area contributed by atoms with E-state index in [1.807, 2.05) is 0 Å². The third kappa shape index (κ3) is 7.10. The topological polar surface area (TPSA) is 46.6 Å². The van der Waals surface area contributed by atoms with Gasteiger partial charge < -0.3 is 9.64 Å². The average Bonchev–Trinajstić information content (AvgIpc) is 2.43. The normalized spacial score (nSPS) is 14.2. The van der Waals surface area contributed by atoms with Gasteiger partial charge in [0.15, 0.2) is 0 Å². The quantitative estimate of drug-likeness (QED) is 0.614. The Morgan fingerprint density at radius 1 is 1.10 bits per heavy atom. The second-order valence-electron chi connectivity index (χ2n) is 4.01. The molecular formula is C13H14Cl3NO3. The molecule has 4 nitrogen and oxygen atoms in total. The number of ether oxygens (including phenoxy) is 1. The molecule has 1 heterocycles. The Bertz CT molecular complexity index is 445. The van der Waals surface area contributed by atoms with Gasteiger partial charge in [0.1, 0.15) is 0 Å². The molecular weight excluding hydrogens is 325 g/mol. The fraction of sp³-hybridized carbons (Fsp3) is 0.385. The summed E-state index contributed by atoms with van der Waals surface area (Å²) in [5.74, 6) is 0. The molecule has 0 unspecified atom stereocenters. The van der Waals surface area contributed by atoms with Crippen LogP contribution in [0.25, 0.3) is 0 Å². The highest BCUT2D eigenvalue weighted by Gasteiger charge is 2.13. The van der Waals surface area contributed by atoms with Crippen LogP contribution in [-0.4, -0.2) is 41.8 Å². The number of carbonyl (C=O) groups is 2. The number of amides is 1. The van der Waals surface area contributed by atoms with Gasteiger partial charge in [0.2, 0.25) is 5.24 Å². The summed E-state index contributed by atoms with van der Waals surface area (Å²) in [5.41, 5.74) is 0.884. The molecule has 1 aliphatic heterocycles. The number of hydrogen-bond acceptors (Lipinski definition) is 3. The van der Waals surface area contributed by atoms with E-state index in [4.69, 9.17) is 39.5 Å². The van der Waals surface area contributed by atoms with Crippen molar-refractivity contribution in [3.63, 3.8) is 0 Å². The Labute approximate surface area is 132 Å². The van der Waals surface area contributed by atoms with Crippen LogP contribution < -0.4 is 0 Å². The second kappa shape index (κ2) is 9.19. The molecule has 1 aromatic carbocycles. The van der Waals surface area contributed by atoms with Crippen molar-refractivity contribution in [2.24, 2.45) is 0 Å². The van der Waals surface area contributed by atoms with Crippen LogP contribution in [0.5, 0.6) is 0 Å². The van der Waals surface area contributed by atoms with E-state index in [1.165, 1.54) is 0 Å². The van der Waals surface area contributed by atoms with Gasteiger partial charge in [-0.15, -0.1) is 0 Å². The molecule has 20 heavy (non-hydrogen) atoms. The van der Waals surface area contributed by atoms with Crippen LogP contribution in [0.15, 0.2) is 24.3 Å². The molecule has 110 valence electrons. The van der Waals surface area contributed by atoms with E-state index in [9.17, 15) is 9.59 Å². The number of benzene rings is 1. The number of halogens is 3. The SMILES string of the molecule is O=C(Cl)Cc1ccc(Cl)cc1.O=C(Cl)N1CCOCC1. The molecule has 0 N–H and O–H groups in total. The molecule has 7 heteroatoms. The summed E-state index contributed by atoms with van der Waals surface area (Å²) in [6, 6.07) is 7.03. The van der Waals surface area contributed by atoms with Crippen LogP contribution in [0, 0.1) is 0 Å². The molecule has 0 saturated carbocycles. The van der Waals surface area contributed by atoms with Gasteiger partial charge in [-0.25, -0.2) is 0 Å². The fourth-order valence-corrected chi connectivity index (χ4v) is 1.95. The molecule has 0 spiro atoms. The number of nitrogens with zero attached hydrogens (tertiary/aromatic N) is 1. The van der Waals surface area contributed by atoms with Crippen molar-refractivity contribution in [3.05, 3.63) is 34.9 Å². The summed E-state index contributed by atoms with van der Waals surface area (Å²) in [6.45, 7) is 2.47. The second-order valence-corrected chi connectivity index (χ2v) is 5.19. The number of morpholine rings is 1. The van der Waals surface area contributed by atoms with E-state index < -0.39 is 0 Å². The number of carbonyl (C=O) groups excluding carboxylic acids is 2. The summed E-state index contributed by atoms with van der Waals surface area (Å²) in [6.07, 6.45) is 0.263. The van der Waals surface area contributed by atoms with Gasteiger partial charge in [-0.3, -0.25) is 9.59 Å². The minimum atomic E-state index is -0.377. The summed E-state index contributed by atoms with van der Waals surface area (Å²) in [7, 11) is 0. The largest absolute Gasteiger partial charge is 0.378 e. The van der Waals surface area contributed by atoms with Crippen molar-refractivity contribution in [1.29, 1.82) is 0 Å². The Morgan fingerprint density at radius 2 is 1.65 bits per heavy atom. The Kier molecular flexibility index (Phi) is 7.92. The summed E-state index contributed by atoms with van der Waals surface area (Å²) in [5, 5.41) is -0.0682. The smallest absolute Gasteiger partial charge is 0.316 e. The van der Waals surface area contributed by atoms with Crippen molar-refractivity contribution in [2.45, 2.75) is 6.42 Å². The molecule has 0 aromatic heterocycles. The minimum Gasteiger partial charge on any atom is -0.378 e. The highest BCUT2D eigenvalue weighted by Crippen LogP contribution is 2.10. The summed E-state index contributed by atoms with van der Waals surface area (Å²) >= 11 is 16.0. The van der Waals surface area contributed by atoms with Crippen LogP contribution >= 0.6 is 34.8 Å². The monoisotopic (exact) mass is 337 g/mol. The lowest BCUT2D eigenvalue weighted by Gasteiger charge is -2.23. The predicted octanol–water partition coefficient (Wildman–Crippen LogP) is 3.33. The third-order valence-corrected chi connectivity index (χ3v) is 3.14. The van der Waals surface area contributed by atoms with E-state index in [1.54, 1.807) is 29.2 Å². The van der Waals surface area contributed by atoms with Crippen molar-refractivity contribution in [2.75, 3.05) is 26.3 Å². The molecule has 2 rings (SSSR count). The molecule has 1 amide bonds. The van der Waals surface area contributed by atoms with E-state index in [0.29, 0.717) is 31.3 Å². The Hall–Kier alpha value is -0.810. The molecule has 0 aliphatic carbocycles. The lowest BCUT2D eigenvalue weighted by molar-refractivity contribution is -0.111. The van der Waals surface area contributed by atoms with Gasteiger partial charge in [-0.1, -0.05) is 23.7 Å². The Morgan fingerprint density at radius 3 is 2.05 bits per heavy atom. The summed E-state index contributed by atoms with van der Waals surface area (Å²) < 4.78 is 5.00. The average molecular weight is 339 g/mol. The molecule has 0 bridgehead atoms. The zero-order valence-corrected chi connectivity index (χ0v) is 12.9. The van der Waals surface area contributed by atoms with E-state index in [-0.39, 0.29) is 17.0 Å². The van der Waals surface area contributed by atoms with Gasteiger partial charge in [0, 0.05) is 24.5 Å². The maximum Gasteiger partial charge on any atom is 0.316 e. The highest BCUT2D eigenvalue weighted by atomic mass is 35.5. The van der Waals surface area contributed by atoms with Crippen LogP contribution in [0.2, 0.25) is 5.02 Å². The summed E-state index contributed by atoms with van der Waals surface area (Å²) in [4.78, 5) is 22.4. The molecule has 1 aliphatic rings. The van der Waals surface area contributed by atoms with Gasteiger partial charge in [-0.05, 0) is 40.9 Å².